The fraction of sp³-hybridized carbons (Fsp3) is 0.588. The first-order valence-corrected chi connectivity index (χ1v) is 7.79. The number of carbonyl (C=O) groups excluding carboxylic acids is 1. The summed E-state index contributed by atoms with van der Waals surface area (Å²) in [5, 5.41) is 0. The van der Waals surface area contributed by atoms with Gasteiger partial charge < -0.3 is 14.4 Å². The molecule has 2 aliphatic rings. The van der Waals surface area contributed by atoms with E-state index in [4.69, 9.17) is 9.47 Å². The van der Waals surface area contributed by atoms with Crippen molar-refractivity contribution in [1.29, 1.82) is 0 Å². The second kappa shape index (κ2) is 5.96. The van der Waals surface area contributed by atoms with Gasteiger partial charge in [0, 0.05) is 18.2 Å². The van der Waals surface area contributed by atoms with Crippen LogP contribution in [0.3, 0.4) is 0 Å². The summed E-state index contributed by atoms with van der Waals surface area (Å²) in [4.78, 5) is 15.1. The van der Waals surface area contributed by atoms with E-state index in [0.29, 0.717) is 29.1 Å². The molecule has 1 aromatic rings. The Morgan fingerprint density at radius 2 is 1.71 bits per heavy atom. The predicted molar refractivity (Wildman–Crippen MR) is 81.0 cm³/mol. The summed E-state index contributed by atoms with van der Waals surface area (Å²) in [6, 6.07) is 6.29. The summed E-state index contributed by atoms with van der Waals surface area (Å²) in [6.45, 7) is 0. The first kappa shape index (κ1) is 14.2. The van der Waals surface area contributed by atoms with Crippen molar-refractivity contribution in [3.8, 4) is 11.5 Å². The zero-order valence-electron chi connectivity index (χ0n) is 12.8. The number of carbonyl (C=O) groups is 1. The average molecular weight is 289 g/mol. The monoisotopic (exact) mass is 289 g/mol. The first-order valence-electron chi connectivity index (χ1n) is 7.79. The van der Waals surface area contributed by atoms with Crippen LogP contribution in [0.15, 0.2) is 18.2 Å². The summed E-state index contributed by atoms with van der Waals surface area (Å²) in [7, 11) is 3.22. The zero-order valence-corrected chi connectivity index (χ0v) is 12.8. The molecular formula is C17H23NO3. The summed E-state index contributed by atoms with van der Waals surface area (Å²) >= 11 is 0. The Bertz CT molecular complexity index is 519. The highest BCUT2D eigenvalue weighted by Gasteiger charge is 2.39. The van der Waals surface area contributed by atoms with Gasteiger partial charge in [0.05, 0.1) is 19.8 Å². The van der Waals surface area contributed by atoms with Crippen molar-refractivity contribution < 1.29 is 14.3 Å². The highest BCUT2D eigenvalue weighted by Crippen LogP contribution is 2.37. The van der Waals surface area contributed by atoms with Gasteiger partial charge in [0.25, 0.3) is 5.91 Å². The minimum absolute atomic E-state index is 0.115. The van der Waals surface area contributed by atoms with Crippen molar-refractivity contribution in [3.05, 3.63) is 23.8 Å². The molecule has 0 unspecified atom stereocenters. The average Bonchev–Trinajstić information content (AvgIpc) is 3.20. The van der Waals surface area contributed by atoms with Crippen LogP contribution in [0, 0.1) is 0 Å². The van der Waals surface area contributed by atoms with Crippen LogP contribution in [0.2, 0.25) is 0 Å². The van der Waals surface area contributed by atoms with Crippen LogP contribution < -0.4 is 9.47 Å². The van der Waals surface area contributed by atoms with Crippen LogP contribution in [0.25, 0.3) is 0 Å². The molecular weight excluding hydrogens is 266 g/mol. The maximum absolute atomic E-state index is 13.0. The zero-order chi connectivity index (χ0) is 14.8. The van der Waals surface area contributed by atoms with Crippen LogP contribution in [0.5, 0.6) is 11.5 Å². The lowest BCUT2D eigenvalue weighted by molar-refractivity contribution is 0.0661. The molecule has 3 rings (SSSR count). The lowest BCUT2D eigenvalue weighted by Gasteiger charge is -2.29. The smallest absolute Gasteiger partial charge is 0.258 e. The third-order valence-corrected chi connectivity index (χ3v) is 4.53. The molecule has 4 nitrogen and oxygen atoms in total. The number of nitrogens with zero attached hydrogens (tertiary/aromatic N) is 1. The van der Waals surface area contributed by atoms with Crippen molar-refractivity contribution in [1.82, 2.24) is 4.90 Å². The maximum Gasteiger partial charge on any atom is 0.258 e. The Kier molecular flexibility index (Phi) is 4.04. The van der Waals surface area contributed by atoms with Gasteiger partial charge in [-0.2, -0.15) is 0 Å². The van der Waals surface area contributed by atoms with E-state index in [-0.39, 0.29) is 5.91 Å². The van der Waals surface area contributed by atoms with Gasteiger partial charge in [-0.05, 0) is 37.8 Å². The van der Waals surface area contributed by atoms with Gasteiger partial charge >= 0.3 is 0 Å². The number of amides is 1. The van der Waals surface area contributed by atoms with Gasteiger partial charge in [0.15, 0.2) is 0 Å². The fourth-order valence-corrected chi connectivity index (χ4v) is 3.28. The van der Waals surface area contributed by atoms with Gasteiger partial charge in [-0.25, -0.2) is 0 Å². The highest BCUT2D eigenvalue weighted by atomic mass is 16.5. The van der Waals surface area contributed by atoms with Crippen LogP contribution in [0.1, 0.15) is 48.9 Å². The van der Waals surface area contributed by atoms with Gasteiger partial charge in [-0.3, -0.25) is 4.79 Å². The second-order valence-corrected chi connectivity index (χ2v) is 5.95. The molecule has 114 valence electrons. The summed E-state index contributed by atoms with van der Waals surface area (Å²) in [6.07, 6.45) is 7.03. The molecule has 1 amide bonds. The number of rotatable bonds is 5. The minimum Gasteiger partial charge on any atom is -0.497 e. The first-order chi connectivity index (χ1) is 10.2. The van der Waals surface area contributed by atoms with Crippen molar-refractivity contribution in [3.63, 3.8) is 0 Å². The molecule has 4 heteroatoms. The SMILES string of the molecule is COc1ccc(C(=O)N(C2CCCC2)C2CC2)c(OC)c1. The standard InChI is InChI=1S/C17H23NO3/c1-20-14-9-10-15(16(11-14)21-2)17(19)18(13-7-8-13)12-5-3-4-6-12/h9-13H,3-8H2,1-2H3. The predicted octanol–water partition coefficient (Wildman–Crippen LogP) is 3.25. The molecule has 0 aromatic heterocycles. The minimum atomic E-state index is 0.115. The molecule has 2 fully saturated rings. The van der Waals surface area contributed by atoms with E-state index in [1.54, 1.807) is 20.3 Å². The van der Waals surface area contributed by atoms with Crippen molar-refractivity contribution in [2.75, 3.05) is 14.2 Å². The largest absolute Gasteiger partial charge is 0.497 e. The van der Waals surface area contributed by atoms with E-state index in [1.807, 2.05) is 12.1 Å². The van der Waals surface area contributed by atoms with E-state index < -0.39 is 0 Å². The molecule has 0 radical (unpaired) electrons. The Morgan fingerprint density at radius 1 is 1.05 bits per heavy atom. The Morgan fingerprint density at radius 3 is 2.29 bits per heavy atom. The van der Waals surface area contributed by atoms with Crippen LogP contribution in [-0.2, 0) is 0 Å². The van der Waals surface area contributed by atoms with Crippen molar-refractivity contribution in [2.45, 2.75) is 50.6 Å². The molecule has 0 N–H and O–H groups in total. The molecule has 2 saturated carbocycles. The molecule has 0 aliphatic heterocycles. The van der Waals surface area contributed by atoms with Crippen molar-refractivity contribution >= 4 is 5.91 Å². The molecule has 2 aliphatic carbocycles. The van der Waals surface area contributed by atoms with Gasteiger partial charge in [-0.15, -0.1) is 0 Å². The molecule has 21 heavy (non-hydrogen) atoms. The molecule has 0 bridgehead atoms. The summed E-state index contributed by atoms with van der Waals surface area (Å²) in [5.74, 6) is 1.43. The molecule has 0 atom stereocenters. The number of hydrogen-bond donors (Lipinski definition) is 0. The summed E-state index contributed by atoms with van der Waals surface area (Å²) < 4.78 is 10.6. The number of ether oxygens (including phenoxy) is 2. The molecule has 1 aromatic carbocycles. The maximum atomic E-state index is 13.0. The van der Waals surface area contributed by atoms with Crippen LogP contribution in [0.4, 0.5) is 0 Å². The Hall–Kier alpha value is -1.71. The van der Waals surface area contributed by atoms with Crippen LogP contribution in [-0.4, -0.2) is 37.1 Å². The lowest BCUT2D eigenvalue weighted by Crippen LogP contribution is -2.40. The molecule has 0 spiro atoms. The van der Waals surface area contributed by atoms with E-state index in [2.05, 4.69) is 4.90 Å². The van der Waals surface area contributed by atoms with E-state index in [0.717, 1.165) is 25.7 Å². The topological polar surface area (TPSA) is 38.8 Å². The summed E-state index contributed by atoms with van der Waals surface area (Å²) in [5.41, 5.74) is 0.650. The number of hydrogen-bond acceptors (Lipinski definition) is 3. The Balaban J connectivity index is 1.88. The quantitative estimate of drug-likeness (QED) is 0.835. The van der Waals surface area contributed by atoms with Crippen LogP contribution >= 0.6 is 0 Å². The number of methoxy groups -OCH3 is 2. The number of benzene rings is 1. The molecule has 0 saturated heterocycles. The highest BCUT2D eigenvalue weighted by molar-refractivity contribution is 5.97. The van der Waals surface area contributed by atoms with Gasteiger partial charge in [-0.1, -0.05) is 12.8 Å². The van der Waals surface area contributed by atoms with E-state index in [1.165, 1.54) is 12.8 Å². The third-order valence-electron chi connectivity index (χ3n) is 4.53. The third kappa shape index (κ3) is 2.85. The van der Waals surface area contributed by atoms with Gasteiger partial charge in [0.2, 0.25) is 0 Å². The lowest BCUT2D eigenvalue weighted by atomic mass is 10.1. The van der Waals surface area contributed by atoms with Gasteiger partial charge in [0.1, 0.15) is 11.5 Å². The second-order valence-electron chi connectivity index (χ2n) is 5.95. The fourth-order valence-electron chi connectivity index (χ4n) is 3.28. The van der Waals surface area contributed by atoms with Crippen molar-refractivity contribution in [2.24, 2.45) is 0 Å². The van der Waals surface area contributed by atoms with E-state index >= 15 is 0 Å². The molecule has 0 heterocycles. The van der Waals surface area contributed by atoms with E-state index in [9.17, 15) is 4.79 Å². The Labute approximate surface area is 126 Å². The normalized spacial score (nSPS) is 18.6.